The summed E-state index contributed by atoms with van der Waals surface area (Å²) in [4.78, 5) is 24.1. The number of aromatic nitrogens is 3. The van der Waals surface area contributed by atoms with E-state index < -0.39 is 5.97 Å². The molecule has 0 saturated heterocycles. The number of thioether (sulfide) groups is 1. The Balaban J connectivity index is 1.31. The van der Waals surface area contributed by atoms with Crippen molar-refractivity contribution in [1.29, 1.82) is 0 Å². The normalized spacial score (nSPS) is 10.8. The van der Waals surface area contributed by atoms with Gasteiger partial charge in [-0.25, -0.2) is 4.79 Å². The average Bonchev–Trinajstić information content (AvgIpc) is 3.21. The number of carbonyl (C=O) groups is 2. The molecule has 0 atom stereocenters. The van der Waals surface area contributed by atoms with E-state index in [1.165, 1.54) is 11.8 Å². The van der Waals surface area contributed by atoms with Crippen LogP contribution in [0.5, 0.6) is 5.75 Å². The van der Waals surface area contributed by atoms with Crippen LogP contribution in [0.25, 0.3) is 10.8 Å². The van der Waals surface area contributed by atoms with Gasteiger partial charge in [0.15, 0.2) is 11.0 Å². The summed E-state index contributed by atoms with van der Waals surface area (Å²) >= 11 is 1.28. The standard InChI is InChI=1S/C25H24N4O4S/c1-3-32-24(31)18-11-13-19(14-12-18)26-23(30)16-34-25-28-27-22(29(25)2)15-33-21-10-6-8-17-7-4-5-9-20(17)21/h4-14H,3,15-16H2,1-2H3,(H,26,30). The van der Waals surface area contributed by atoms with Crippen molar-refractivity contribution in [2.75, 3.05) is 17.7 Å². The van der Waals surface area contributed by atoms with E-state index in [-0.39, 0.29) is 18.3 Å². The fourth-order valence-electron chi connectivity index (χ4n) is 3.29. The largest absolute Gasteiger partial charge is 0.485 e. The van der Waals surface area contributed by atoms with Crippen molar-refractivity contribution in [1.82, 2.24) is 14.8 Å². The Morgan fingerprint density at radius 1 is 1.00 bits per heavy atom. The van der Waals surface area contributed by atoms with Gasteiger partial charge in [-0.2, -0.15) is 0 Å². The second-order valence-corrected chi connectivity index (χ2v) is 8.30. The highest BCUT2D eigenvalue weighted by atomic mass is 32.2. The molecule has 0 aliphatic heterocycles. The molecule has 0 unspecified atom stereocenters. The zero-order chi connectivity index (χ0) is 23.9. The van der Waals surface area contributed by atoms with Gasteiger partial charge >= 0.3 is 5.97 Å². The molecule has 174 valence electrons. The molecule has 4 aromatic rings. The van der Waals surface area contributed by atoms with E-state index in [2.05, 4.69) is 15.5 Å². The van der Waals surface area contributed by atoms with Gasteiger partial charge in [0.25, 0.3) is 0 Å². The van der Waals surface area contributed by atoms with Crippen LogP contribution in [0, 0.1) is 0 Å². The molecule has 0 aliphatic carbocycles. The third-order valence-corrected chi connectivity index (χ3v) is 6.06. The number of nitrogens with one attached hydrogen (secondary N) is 1. The molecular formula is C25H24N4O4S. The van der Waals surface area contributed by atoms with E-state index in [1.807, 2.05) is 54.1 Å². The summed E-state index contributed by atoms with van der Waals surface area (Å²) in [5.74, 6) is 1.02. The number of nitrogens with zero attached hydrogens (tertiary/aromatic N) is 3. The van der Waals surface area contributed by atoms with Gasteiger partial charge in [-0.15, -0.1) is 10.2 Å². The number of amides is 1. The van der Waals surface area contributed by atoms with Gasteiger partial charge < -0.3 is 19.4 Å². The Hall–Kier alpha value is -3.85. The van der Waals surface area contributed by atoms with E-state index in [1.54, 1.807) is 31.2 Å². The van der Waals surface area contributed by atoms with Crippen molar-refractivity contribution in [3.63, 3.8) is 0 Å². The van der Waals surface area contributed by atoms with Gasteiger partial charge in [0.1, 0.15) is 12.4 Å². The van der Waals surface area contributed by atoms with Gasteiger partial charge in [0.05, 0.1) is 17.9 Å². The lowest BCUT2D eigenvalue weighted by molar-refractivity contribution is -0.113. The van der Waals surface area contributed by atoms with Crippen molar-refractivity contribution in [3.8, 4) is 5.75 Å². The number of ether oxygens (including phenoxy) is 2. The third-order valence-electron chi connectivity index (χ3n) is 5.04. The van der Waals surface area contributed by atoms with Crippen molar-refractivity contribution in [2.24, 2.45) is 7.05 Å². The Bertz CT molecular complexity index is 1300. The van der Waals surface area contributed by atoms with Crippen LogP contribution < -0.4 is 10.1 Å². The van der Waals surface area contributed by atoms with Crippen LogP contribution in [0.1, 0.15) is 23.1 Å². The van der Waals surface area contributed by atoms with Crippen LogP contribution in [0.4, 0.5) is 5.69 Å². The summed E-state index contributed by atoms with van der Waals surface area (Å²) in [6.45, 7) is 2.33. The Morgan fingerprint density at radius 2 is 1.76 bits per heavy atom. The number of hydrogen-bond donors (Lipinski definition) is 1. The number of rotatable bonds is 9. The quantitative estimate of drug-likeness (QED) is 0.282. The lowest BCUT2D eigenvalue weighted by atomic mass is 10.1. The Labute approximate surface area is 201 Å². The number of anilines is 1. The molecule has 0 bridgehead atoms. The molecule has 9 heteroatoms. The first-order valence-electron chi connectivity index (χ1n) is 10.7. The first-order valence-corrected chi connectivity index (χ1v) is 11.7. The number of esters is 1. The molecule has 1 heterocycles. The van der Waals surface area contributed by atoms with E-state index in [9.17, 15) is 9.59 Å². The average molecular weight is 477 g/mol. The monoisotopic (exact) mass is 476 g/mol. The van der Waals surface area contributed by atoms with Crippen molar-refractivity contribution >= 4 is 40.1 Å². The summed E-state index contributed by atoms with van der Waals surface area (Å²) in [5.41, 5.74) is 1.03. The topological polar surface area (TPSA) is 95.3 Å². The maximum atomic E-state index is 12.4. The lowest BCUT2D eigenvalue weighted by Crippen LogP contribution is -2.15. The Morgan fingerprint density at radius 3 is 2.56 bits per heavy atom. The highest BCUT2D eigenvalue weighted by Crippen LogP contribution is 2.26. The molecule has 4 rings (SSSR count). The van der Waals surface area contributed by atoms with Gasteiger partial charge in [-0.1, -0.05) is 48.2 Å². The van der Waals surface area contributed by atoms with Crippen LogP contribution in [0.2, 0.25) is 0 Å². The molecule has 0 spiro atoms. The minimum atomic E-state index is -0.390. The highest BCUT2D eigenvalue weighted by molar-refractivity contribution is 7.99. The van der Waals surface area contributed by atoms with Crippen LogP contribution in [-0.4, -0.2) is 39.0 Å². The van der Waals surface area contributed by atoms with Gasteiger partial charge in [0, 0.05) is 18.1 Å². The number of fused-ring (bicyclic) bond motifs is 1. The molecule has 8 nitrogen and oxygen atoms in total. The summed E-state index contributed by atoms with van der Waals surface area (Å²) < 4.78 is 12.8. The lowest BCUT2D eigenvalue weighted by Gasteiger charge is -2.09. The fraction of sp³-hybridized carbons (Fsp3) is 0.200. The van der Waals surface area contributed by atoms with Gasteiger partial charge in [-0.3, -0.25) is 4.79 Å². The third kappa shape index (κ3) is 5.55. The van der Waals surface area contributed by atoms with E-state index in [4.69, 9.17) is 9.47 Å². The van der Waals surface area contributed by atoms with Crippen LogP contribution in [-0.2, 0) is 23.2 Å². The molecule has 1 amide bonds. The van der Waals surface area contributed by atoms with Crippen molar-refractivity contribution in [3.05, 3.63) is 78.1 Å². The minimum Gasteiger partial charge on any atom is -0.485 e. The molecule has 0 saturated carbocycles. The summed E-state index contributed by atoms with van der Waals surface area (Å²) in [5, 5.41) is 14.0. The van der Waals surface area contributed by atoms with Gasteiger partial charge in [-0.05, 0) is 42.6 Å². The number of carbonyl (C=O) groups excluding carboxylic acids is 2. The minimum absolute atomic E-state index is 0.162. The fourth-order valence-corrected chi connectivity index (χ4v) is 4.02. The predicted octanol–water partition coefficient (Wildman–Crippen LogP) is 4.45. The predicted molar refractivity (Wildman–Crippen MR) is 131 cm³/mol. The van der Waals surface area contributed by atoms with E-state index >= 15 is 0 Å². The molecule has 3 aromatic carbocycles. The second kappa shape index (κ2) is 10.8. The van der Waals surface area contributed by atoms with Gasteiger partial charge in [0.2, 0.25) is 5.91 Å². The first-order chi connectivity index (χ1) is 16.5. The summed E-state index contributed by atoms with van der Waals surface area (Å²) in [6.07, 6.45) is 0. The summed E-state index contributed by atoms with van der Waals surface area (Å²) in [7, 11) is 1.84. The maximum absolute atomic E-state index is 12.4. The number of hydrogen-bond acceptors (Lipinski definition) is 7. The molecule has 1 aromatic heterocycles. The molecular weight excluding hydrogens is 452 g/mol. The van der Waals surface area contributed by atoms with Crippen LogP contribution >= 0.6 is 11.8 Å². The molecule has 34 heavy (non-hydrogen) atoms. The van der Waals surface area contributed by atoms with E-state index in [0.29, 0.717) is 28.8 Å². The molecule has 0 aliphatic rings. The van der Waals surface area contributed by atoms with Crippen LogP contribution in [0.15, 0.2) is 71.9 Å². The summed E-state index contributed by atoms with van der Waals surface area (Å²) in [6, 6.07) is 20.5. The molecule has 0 radical (unpaired) electrons. The van der Waals surface area contributed by atoms with Crippen molar-refractivity contribution in [2.45, 2.75) is 18.7 Å². The molecule has 1 N–H and O–H groups in total. The Kier molecular flexibility index (Phi) is 7.44. The van der Waals surface area contributed by atoms with Crippen LogP contribution in [0.3, 0.4) is 0 Å². The number of benzene rings is 3. The van der Waals surface area contributed by atoms with E-state index in [0.717, 1.165) is 16.5 Å². The zero-order valence-corrected chi connectivity index (χ0v) is 19.7. The first kappa shape index (κ1) is 23.3. The smallest absolute Gasteiger partial charge is 0.338 e. The second-order valence-electron chi connectivity index (χ2n) is 7.36. The highest BCUT2D eigenvalue weighted by Gasteiger charge is 2.13. The maximum Gasteiger partial charge on any atom is 0.338 e. The SMILES string of the molecule is CCOC(=O)c1ccc(NC(=O)CSc2nnc(COc3cccc4ccccc34)n2C)cc1. The van der Waals surface area contributed by atoms with Crippen molar-refractivity contribution < 1.29 is 19.1 Å². The molecule has 0 fully saturated rings. The zero-order valence-electron chi connectivity index (χ0n) is 18.9.